The summed E-state index contributed by atoms with van der Waals surface area (Å²) in [5, 5.41) is 2.85. The second-order valence-electron chi connectivity index (χ2n) is 4.54. The highest BCUT2D eigenvalue weighted by atomic mass is 16.5. The molecular weight excluding hydrogens is 280 g/mol. The fourth-order valence-electron chi connectivity index (χ4n) is 1.95. The highest BCUT2D eigenvalue weighted by molar-refractivity contribution is 5.75. The minimum absolute atomic E-state index is 0.155. The minimum Gasteiger partial charge on any atom is -0.497 e. The molecule has 0 radical (unpaired) electrons. The molecule has 0 aliphatic heterocycles. The van der Waals surface area contributed by atoms with Crippen molar-refractivity contribution in [2.45, 2.75) is 13.0 Å². The summed E-state index contributed by atoms with van der Waals surface area (Å²) in [5.74, 6) is 6.14. The Morgan fingerprint density at radius 3 is 2.41 bits per heavy atom. The highest BCUT2D eigenvalue weighted by Crippen LogP contribution is 2.29. The third-order valence-corrected chi connectivity index (χ3v) is 3.10. The first-order chi connectivity index (χ1) is 10.6. The molecule has 116 valence electrons. The van der Waals surface area contributed by atoms with E-state index in [0.717, 1.165) is 5.56 Å². The second-order valence-corrected chi connectivity index (χ2v) is 4.54. The molecule has 0 aromatic heterocycles. The van der Waals surface area contributed by atoms with E-state index < -0.39 is 0 Å². The van der Waals surface area contributed by atoms with Crippen LogP contribution in [-0.2, 0) is 0 Å². The Bertz CT molecular complexity index is 583. The van der Waals surface area contributed by atoms with Crippen LogP contribution in [0.5, 0.6) is 11.5 Å². The molecule has 0 spiro atoms. The molecule has 22 heavy (non-hydrogen) atoms. The summed E-state index contributed by atoms with van der Waals surface area (Å²) in [7, 11) is 3.15. The highest BCUT2D eigenvalue weighted by Gasteiger charge is 2.18. The van der Waals surface area contributed by atoms with E-state index in [-0.39, 0.29) is 25.2 Å². The van der Waals surface area contributed by atoms with Gasteiger partial charge in [-0.3, -0.25) is 0 Å². The van der Waals surface area contributed by atoms with Crippen molar-refractivity contribution in [3.63, 3.8) is 0 Å². The SMILES string of the molecule is C#CCN(CC#C)C(=O)N[C@@H](C)c1ccc(OC)cc1OC. The van der Waals surface area contributed by atoms with E-state index in [2.05, 4.69) is 17.2 Å². The summed E-state index contributed by atoms with van der Waals surface area (Å²) in [6.45, 7) is 2.16. The van der Waals surface area contributed by atoms with Gasteiger partial charge in [-0.1, -0.05) is 11.8 Å². The monoisotopic (exact) mass is 300 g/mol. The number of carbonyl (C=O) groups excluding carboxylic acids is 1. The van der Waals surface area contributed by atoms with E-state index in [4.69, 9.17) is 22.3 Å². The van der Waals surface area contributed by atoms with Gasteiger partial charge >= 0.3 is 6.03 Å². The Morgan fingerprint density at radius 2 is 1.91 bits per heavy atom. The lowest BCUT2D eigenvalue weighted by atomic mass is 10.1. The van der Waals surface area contributed by atoms with Crippen LogP contribution in [0.4, 0.5) is 4.79 Å². The molecule has 0 heterocycles. The maximum Gasteiger partial charge on any atom is 0.319 e. The number of rotatable bonds is 6. The van der Waals surface area contributed by atoms with Crippen LogP contribution in [0.15, 0.2) is 18.2 Å². The van der Waals surface area contributed by atoms with Gasteiger partial charge in [0.05, 0.1) is 33.4 Å². The van der Waals surface area contributed by atoms with Gasteiger partial charge in [-0.05, 0) is 19.1 Å². The van der Waals surface area contributed by atoms with Gasteiger partial charge in [0.1, 0.15) is 11.5 Å². The molecule has 0 saturated carbocycles. The van der Waals surface area contributed by atoms with Crippen molar-refractivity contribution in [1.29, 1.82) is 0 Å². The van der Waals surface area contributed by atoms with Crippen LogP contribution in [0.2, 0.25) is 0 Å². The average Bonchev–Trinajstić information content (AvgIpc) is 2.53. The lowest BCUT2D eigenvalue weighted by molar-refractivity contribution is 0.206. The zero-order chi connectivity index (χ0) is 16.5. The molecule has 1 N–H and O–H groups in total. The van der Waals surface area contributed by atoms with Crippen LogP contribution in [0.3, 0.4) is 0 Å². The summed E-state index contributed by atoms with van der Waals surface area (Å²) in [6.07, 6.45) is 10.5. The number of carbonyl (C=O) groups is 1. The van der Waals surface area contributed by atoms with Gasteiger partial charge in [-0.15, -0.1) is 12.8 Å². The van der Waals surface area contributed by atoms with Crippen LogP contribution in [-0.4, -0.2) is 38.2 Å². The Labute approximate surface area is 131 Å². The predicted molar refractivity (Wildman–Crippen MR) is 85.7 cm³/mol. The van der Waals surface area contributed by atoms with Crippen molar-refractivity contribution >= 4 is 6.03 Å². The number of urea groups is 1. The third-order valence-electron chi connectivity index (χ3n) is 3.10. The Hall–Kier alpha value is -2.79. The molecular formula is C17H20N2O3. The molecule has 5 heteroatoms. The molecule has 0 bridgehead atoms. The van der Waals surface area contributed by atoms with Gasteiger partial charge in [-0.2, -0.15) is 0 Å². The van der Waals surface area contributed by atoms with Gasteiger partial charge < -0.3 is 19.7 Å². The van der Waals surface area contributed by atoms with Crippen molar-refractivity contribution in [2.75, 3.05) is 27.3 Å². The first-order valence-electron chi connectivity index (χ1n) is 6.71. The molecule has 0 saturated heterocycles. The van der Waals surface area contributed by atoms with E-state index in [1.54, 1.807) is 26.4 Å². The van der Waals surface area contributed by atoms with E-state index in [1.165, 1.54) is 4.90 Å². The molecule has 0 unspecified atom stereocenters. The van der Waals surface area contributed by atoms with Crippen LogP contribution in [0.1, 0.15) is 18.5 Å². The van der Waals surface area contributed by atoms with E-state index in [9.17, 15) is 4.79 Å². The maximum absolute atomic E-state index is 12.2. The van der Waals surface area contributed by atoms with Gasteiger partial charge in [0.15, 0.2) is 0 Å². The third kappa shape index (κ3) is 4.36. The summed E-state index contributed by atoms with van der Waals surface area (Å²) < 4.78 is 10.5. The second kappa shape index (κ2) is 8.49. The molecule has 1 atom stereocenters. The maximum atomic E-state index is 12.2. The van der Waals surface area contributed by atoms with Crippen LogP contribution in [0, 0.1) is 24.7 Å². The van der Waals surface area contributed by atoms with Crippen LogP contribution < -0.4 is 14.8 Å². The smallest absolute Gasteiger partial charge is 0.319 e. The number of benzene rings is 1. The van der Waals surface area contributed by atoms with Crippen LogP contribution in [0.25, 0.3) is 0 Å². The number of hydrogen-bond donors (Lipinski definition) is 1. The number of hydrogen-bond acceptors (Lipinski definition) is 3. The number of nitrogens with one attached hydrogen (secondary N) is 1. The normalized spacial score (nSPS) is 10.8. The van der Waals surface area contributed by atoms with Gasteiger partial charge in [0, 0.05) is 11.6 Å². The summed E-state index contributed by atoms with van der Waals surface area (Å²) in [6, 6.07) is 4.82. The summed E-state index contributed by atoms with van der Waals surface area (Å²) in [5.41, 5.74) is 0.831. The van der Waals surface area contributed by atoms with Crippen molar-refractivity contribution < 1.29 is 14.3 Å². The van der Waals surface area contributed by atoms with Crippen LogP contribution >= 0.6 is 0 Å². The molecule has 0 fully saturated rings. The van der Waals surface area contributed by atoms with E-state index in [0.29, 0.717) is 11.5 Å². The van der Waals surface area contributed by atoms with Gasteiger partial charge in [0.25, 0.3) is 0 Å². The quantitative estimate of drug-likeness (QED) is 0.818. The van der Waals surface area contributed by atoms with Gasteiger partial charge in [0.2, 0.25) is 0 Å². The van der Waals surface area contributed by atoms with Gasteiger partial charge in [-0.25, -0.2) is 4.79 Å². The number of nitrogens with zero attached hydrogens (tertiary/aromatic N) is 1. The largest absolute Gasteiger partial charge is 0.497 e. The fraction of sp³-hybridized carbons (Fsp3) is 0.353. The van der Waals surface area contributed by atoms with E-state index >= 15 is 0 Å². The number of methoxy groups -OCH3 is 2. The van der Waals surface area contributed by atoms with Crippen molar-refractivity contribution in [3.8, 4) is 36.2 Å². The van der Waals surface area contributed by atoms with Crippen molar-refractivity contribution in [1.82, 2.24) is 10.2 Å². The van der Waals surface area contributed by atoms with Crippen molar-refractivity contribution in [2.24, 2.45) is 0 Å². The number of terminal acetylenes is 2. The Morgan fingerprint density at radius 1 is 1.27 bits per heavy atom. The van der Waals surface area contributed by atoms with E-state index in [1.807, 2.05) is 13.0 Å². The standard InChI is InChI=1S/C17H20N2O3/c1-6-10-19(11-7-2)17(20)18-13(3)15-9-8-14(21-4)12-16(15)22-5/h1-2,8-9,12-13H,10-11H2,3-5H3,(H,18,20)/t13-/m0/s1. The topological polar surface area (TPSA) is 50.8 Å². The lowest BCUT2D eigenvalue weighted by Gasteiger charge is -2.23. The minimum atomic E-state index is -0.318. The Balaban J connectivity index is 2.88. The average molecular weight is 300 g/mol. The molecule has 0 aliphatic rings. The molecule has 1 rings (SSSR count). The molecule has 5 nitrogen and oxygen atoms in total. The number of ether oxygens (including phenoxy) is 2. The summed E-state index contributed by atoms with van der Waals surface area (Å²) in [4.78, 5) is 13.6. The zero-order valence-corrected chi connectivity index (χ0v) is 13.1. The Kier molecular flexibility index (Phi) is 6.66. The molecule has 0 aliphatic carbocycles. The molecule has 1 aromatic rings. The predicted octanol–water partition coefficient (Wildman–Crippen LogP) is 2.04. The summed E-state index contributed by atoms with van der Waals surface area (Å²) >= 11 is 0. The molecule has 1 aromatic carbocycles. The van der Waals surface area contributed by atoms with Crippen molar-refractivity contribution in [3.05, 3.63) is 23.8 Å². The lowest BCUT2D eigenvalue weighted by Crippen LogP contribution is -2.41. The first kappa shape index (κ1) is 17.3. The first-order valence-corrected chi connectivity index (χ1v) is 6.71. The molecule has 2 amide bonds. The zero-order valence-electron chi connectivity index (χ0n) is 13.1. The fourth-order valence-corrected chi connectivity index (χ4v) is 1.95. The number of amides is 2.